The molecule has 0 unspecified atom stereocenters. The number of nitrogens with one attached hydrogen (secondary N) is 2. The summed E-state index contributed by atoms with van der Waals surface area (Å²) in [5.74, 6) is -1.86. The van der Waals surface area contributed by atoms with Crippen LogP contribution in [0.25, 0.3) is 0 Å². The van der Waals surface area contributed by atoms with Gasteiger partial charge in [-0.3, -0.25) is 15.3 Å². The molecular formula is C23H24F2N2O6. The first-order valence-corrected chi connectivity index (χ1v) is 9.96. The van der Waals surface area contributed by atoms with Crippen molar-refractivity contribution in [3.63, 3.8) is 0 Å². The van der Waals surface area contributed by atoms with Gasteiger partial charge in [0.2, 0.25) is 0 Å². The number of rotatable bonds is 11. The number of hydroxylamine groups is 1. The van der Waals surface area contributed by atoms with E-state index >= 15 is 0 Å². The second-order valence-corrected chi connectivity index (χ2v) is 6.62. The molecule has 8 nitrogen and oxygen atoms in total. The van der Waals surface area contributed by atoms with Gasteiger partial charge in [-0.2, -0.15) is 0 Å². The minimum atomic E-state index is -0.935. The molecule has 2 rings (SSSR count). The summed E-state index contributed by atoms with van der Waals surface area (Å²) < 4.78 is 37.7. The molecule has 176 valence electrons. The van der Waals surface area contributed by atoms with Gasteiger partial charge in [0.25, 0.3) is 5.91 Å². The summed E-state index contributed by atoms with van der Waals surface area (Å²) in [4.78, 5) is 23.3. The van der Waals surface area contributed by atoms with E-state index in [-0.39, 0.29) is 18.9 Å². The van der Waals surface area contributed by atoms with Crippen molar-refractivity contribution in [3.05, 3.63) is 84.0 Å². The highest BCUT2D eigenvalue weighted by molar-refractivity contribution is 5.86. The van der Waals surface area contributed by atoms with Gasteiger partial charge in [-0.15, -0.1) is 0 Å². The quantitative estimate of drug-likeness (QED) is 0.173. The molecule has 0 heterocycles. The Hall–Kier alpha value is -3.76. The number of hydrogen-bond acceptors (Lipinski definition) is 6. The number of amides is 2. The zero-order valence-corrected chi connectivity index (χ0v) is 17.5. The molecule has 0 aliphatic rings. The number of aliphatic hydroxyl groups is 1. The number of anilines is 1. The lowest BCUT2D eigenvalue weighted by Gasteiger charge is -2.19. The summed E-state index contributed by atoms with van der Waals surface area (Å²) >= 11 is 0. The van der Waals surface area contributed by atoms with E-state index < -0.39 is 29.7 Å². The second kappa shape index (κ2) is 13.6. The van der Waals surface area contributed by atoms with E-state index in [1.807, 2.05) is 0 Å². The zero-order valence-electron chi connectivity index (χ0n) is 17.5. The van der Waals surface area contributed by atoms with E-state index in [0.717, 1.165) is 18.2 Å². The molecule has 0 saturated heterocycles. The molecule has 0 aliphatic carbocycles. The summed E-state index contributed by atoms with van der Waals surface area (Å²) in [6.45, 7) is 0.00583. The van der Waals surface area contributed by atoms with Crippen LogP contribution < -0.4 is 15.5 Å². The Kier molecular flexibility index (Phi) is 10.5. The summed E-state index contributed by atoms with van der Waals surface area (Å²) in [7, 11) is 0. The molecule has 0 radical (unpaired) electrons. The van der Waals surface area contributed by atoms with Crippen LogP contribution in [0.2, 0.25) is 0 Å². The molecule has 10 heteroatoms. The second-order valence-electron chi connectivity index (χ2n) is 6.62. The number of carbonyl (C=O) groups excluding carboxylic acids is 2. The average Bonchev–Trinajstić information content (AvgIpc) is 2.81. The molecule has 0 saturated carbocycles. The average molecular weight is 462 g/mol. The Morgan fingerprint density at radius 1 is 1.09 bits per heavy atom. The third-order valence-corrected chi connectivity index (χ3v) is 4.23. The van der Waals surface area contributed by atoms with Gasteiger partial charge in [-0.25, -0.2) is 19.1 Å². The third-order valence-electron chi connectivity index (χ3n) is 4.23. The van der Waals surface area contributed by atoms with Crippen molar-refractivity contribution < 1.29 is 38.2 Å². The predicted molar refractivity (Wildman–Crippen MR) is 116 cm³/mol. The molecule has 0 spiro atoms. The summed E-state index contributed by atoms with van der Waals surface area (Å²) in [6, 6.07) is 9.45. The van der Waals surface area contributed by atoms with Crippen molar-refractivity contribution in [1.82, 2.24) is 5.48 Å². The summed E-state index contributed by atoms with van der Waals surface area (Å²) in [6.07, 6.45) is 5.05. The Morgan fingerprint density at radius 3 is 2.52 bits per heavy atom. The number of aliphatic hydroxyl groups excluding tert-OH is 1. The molecule has 0 aromatic heterocycles. The predicted octanol–water partition coefficient (Wildman–Crippen LogP) is 4.02. The largest absolute Gasteiger partial charge is 0.491 e. The fourth-order valence-corrected chi connectivity index (χ4v) is 2.70. The SMILES string of the molecule is O=C(/C=C/C=C/CC[C@@H](OC(=O)Nc1ccc(F)cc1F)c1ccc(OCCO)cc1)NO. The van der Waals surface area contributed by atoms with E-state index in [1.54, 1.807) is 36.4 Å². The highest BCUT2D eigenvalue weighted by Gasteiger charge is 2.18. The standard InChI is InChI=1S/C23H24F2N2O6/c24-17-9-12-20(19(25)15-17)26-23(30)33-21(5-3-1-2-4-6-22(29)27-31)16-7-10-18(11-8-16)32-14-13-28/h1-2,4,6-12,15,21,28,31H,3,5,13-14H2,(H,26,30)(H,27,29)/b2-1+,6-4+/t21-/m1/s1. The number of allylic oxidation sites excluding steroid dienone is 3. The lowest BCUT2D eigenvalue weighted by Crippen LogP contribution is -2.18. The molecular weight excluding hydrogens is 438 g/mol. The van der Waals surface area contributed by atoms with Crippen LogP contribution in [0.5, 0.6) is 5.75 Å². The highest BCUT2D eigenvalue weighted by atomic mass is 19.1. The fourth-order valence-electron chi connectivity index (χ4n) is 2.70. The topological polar surface area (TPSA) is 117 Å². The highest BCUT2D eigenvalue weighted by Crippen LogP contribution is 2.26. The first-order valence-electron chi connectivity index (χ1n) is 9.96. The Balaban J connectivity index is 2.07. The lowest BCUT2D eigenvalue weighted by molar-refractivity contribution is -0.124. The molecule has 2 aromatic carbocycles. The van der Waals surface area contributed by atoms with Gasteiger partial charge in [-0.05, 0) is 42.7 Å². The van der Waals surface area contributed by atoms with Gasteiger partial charge in [0.1, 0.15) is 30.1 Å². The number of benzene rings is 2. The summed E-state index contributed by atoms with van der Waals surface area (Å²) in [5.41, 5.74) is 1.89. The van der Waals surface area contributed by atoms with Crippen LogP contribution in [0.3, 0.4) is 0 Å². The van der Waals surface area contributed by atoms with E-state index in [0.29, 0.717) is 30.2 Å². The minimum absolute atomic E-state index is 0.131. The summed E-state index contributed by atoms with van der Waals surface area (Å²) in [5, 5.41) is 19.5. The maximum atomic E-state index is 13.8. The van der Waals surface area contributed by atoms with Crippen LogP contribution in [0, 0.1) is 11.6 Å². The fraction of sp³-hybridized carbons (Fsp3) is 0.217. The molecule has 2 amide bonds. The molecule has 0 bridgehead atoms. The van der Waals surface area contributed by atoms with Gasteiger partial charge in [0.05, 0.1) is 12.3 Å². The molecule has 0 fully saturated rings. The van der Waals surface area contributed by atoms with Crippen molar-refractivity contribution in [2.24, 2.45) is 0 Å². The Bertz CT molecular complexity index is 979. The smallest absolute Gasteiger partial charge is 0.412 e. The normalized spacial score (nSPS) is 12.0. The van der Waals surface area contributed by atoms with Crippen LogP contribution >= 0.6 is 0 Å². The third kappa shape index (κ3) is 9.09. The van der Waals surface area contributed by atoms with E-state index in [2.05, 4.69) is 5.32 Å². The minimum Gasteiger partial charge on any atom is -0.491 e. The van der Waals surface area contributed by atoms with Gasteiger partial charge < -0.3 is 14.6 Å². The maximum absolute atomic E-state index is 13.8. The van der Waals surface area contributed by atoms with Crippen molar-refractivity contribution in [2.45, 2.75) is 18.9 Å². The van der Waals surface area contributed by atoms with Crippen LogP contribution in [0.15, 0.2) is 66.8 Å². The molecule has 4 N–H and O–H groups in total. The van der Waals surface area contributed by atoms with Gasteiger partial charge in [0, 0.05) is 12.1 Å². The van der Waals surface area contributed by atoms with Crippen molar-refractivity contribution in [1.29, 1.82) is 0 Å². The van der Waals surface area contributed by atoms with Gasteiger partial charge in [-0.1, -0.05) is 30.4 Å². The van der Waals surface area contributed by atoms with Gasteiger partial charge in [0.15, 0.2) is 0 Å². The molecule has 33 heavy (non-hydrogen) atoms. The van der Waals surface area contributed by atoms with Crippen molar-refractivity contribution >= 4 is 17.7 Å². The Morgan fingerprint density at radius 2 is 1.85 bits per heavy atom. The van der Waals surface area contributed by atoms with Crippen LogP contribution in [0.4, 0.5) is 19.3 Å². The van der Waals surface area contributed by atoms with Crippen LogP contribution in [-0.4, -0.2) is 35.5 Å². The monoisotopic (exact) mass is 462 g/mol. The lowest BCUT2D eigenvalue weighted by atomic mass is 10.0. The van der Waals surface area contributed by atoms with E-state index in [9.17, 15) is 18.4 Å². The first-order chi connectivity index (χ1) is 15.9. The number of halogens is 2. The first kappa shape index (κ1) is 25.5. The van der Waals surface area contributed by atoms with Gasteiger partial charge >= 0.3 is 6.09 Å². The molecule has 0 aliphatic heterocycles. The Labute approximate surface area is 189 Å². The number of carbonyl (C=O) groups is 2. The van der Waals surface area contributed by atoms with E-state index in [4.69, 9.17) is 19.8 Å². The van der Waals surface area contributed by atoms with Crippen molar-refractivity contribution in [3.8, 4) is 5.75 Å². The number of ether oxygens (including phenoxy) is 2. The maximum Gasteiger partial charge on any atom is 0.412 e. The molecule has 2 aromatic rings. The molecule has 1 atom stereocenters. The van der Waals surface area contributed by atoms with Crippen LogP contribution in [-0.2, 0) is 9.53 Å². The zero-order chi connectivity index (χ0) is 24.1. The van der Waals surface area contributed by atoms with Crippen molar-refractivity contribution in [2.75, 3.05) is 18.5 Å². The number of hydrogen-bond donors (Lipinski definition) is 4. The van der Waals surface area contributed by atoms with Crippen LogP contribution in [0.1, 0.15) is 24.5 Å². The van der Waals surface area contributed by atoms with E-state index in [1.165, 1.54) is 11.6 Å².